The van der Waals surface area contributed by atoms with Gasteiger partial charge in [-0.25, -0.2) is 0 Å². The highest BCUT2D eigenvalue weighted by Crippen LogP contribution is 2.30. The van der Waals surface area contributed by atoms with Crippen LogP contribution in [0.25, 0.3) is 0 Å². The van der Waals surface area contributed by atoms with E-state index in [1.807, 2.05) is 0 Å². The van der Waals surface area contributed by atoms with Gasteiger partial charge in [0.1, 0.15) is 5.75 Å². The number of methoxy groups -OCH3 is 1. The molecule has 1 heterocycles. The van der Waals surface area contributed by atoms with Gasteiger partial charge in [0.25, 0.3) is 0 Å². The van der Waals surface area contributed by atoms with Crippen LogP contribution >= 0.6 is 27.3 Å². The molecule has 20 heavy (non-hydrogen) atoms. The van der Waals surface area contributed by atoms with Crippen molar-refractivity contribution in [2.45, 2.75) is 26.3 Å². The van der Waals surface area contributed by atoms with Gasteiger partial charge in [0.15, 0.2) is 0 Å². The molecule has 2 nitrogen and oxygen atoms in total. The predicted molar refractivity (Wildman–Crippen MR) is 89.9 cm³/mol. The monoisotopic (exact) mass is 353 g/mol. The summed E-state index contributed by atoms with van der Waals surface area (Å²) in [5.41, 5.74) is 2.52. The van der Waals surface area contributed by atoms with Gasteiger partial charge in [0.2, 0.25) is 0 Å². The summed E-state index contributed by atoms with van der Waals surface area (Å²) in [4.78, 5) is 1.35. The SMILES string of the molecule is CCNC(Cc1cc(C)ccc1OC)c1cc(Br)cs1. The molecule has 2 rings (SSSR count). The Morgan fingerprint density at radius 1 is 1.35 bits per heavy atom. The number of aryl methyl sites for hydroxylation is 1. The van der Waals surface area contributed by atoms with Crippen LogP contribution in [0.5, 0.6) is 5.75 Å². The lowest BCUT2D eigenvalue weighted by Gasteiger charge is -2.18. The third-order valence-corrected chi connectivity index (χ3v) is 5.05. The quantitative estimate of drug-likeness (QED) is 0.810. The summed E-state index contributed by atoms with van der Waals surface area (Å²) in [5.74, 6) is 0.967. The normalized spacial score (nSPS) is 12.4. The van der Waals surface area contributed by atoms with Crippen LogP contribution in [0.3, 0.4) is 0 Å². The van der Waals surface area contributed by atoms with Gasteiger partial charge in [0, 0.05) is 20.8 Å². The number of likely N-dealkylation sites (N-methyl/N-ethyl adjacent to an activating group) is 1. The maximum atomic E-state index is 5.49. The predicted octanol–water partition coefficient (Wildman–Crippen LogP) is 4.72. The summed E-state index contributed by atoms with van der Waals surface area (Å²) in [6.07, 6.45) is 0.936. The third-order valence-electron chi connectivity index (χ3n) is 3.24. The number of ether oxygens (including phenoxy) is 1. The number of hydrogen-bond donors (Lipinski definition) is 1. The van der Waals surface area contributed by atoms with Crippen LogP contribution in [0.2, 0.25) is 0 Å². The van der Waals surface area contributed by atoms with Crippen molar-refractivity contribution in [1.82, 2.24) is 5.32 Å². The Morgan fingerprint density at radius 3 is 2.75 bits per heavy atom. The standard InChI is InChI=1S/C16H20BrNOS/c1-4-18-14(16-9-13(17)10-20-16)8-12-7-11(2)5-6-15(12)19-3/h5-7,9-10,14,18H,4,8H2,1-3H3. The summed E-state index contributed by atoms with van der Waals surface area (Å²) in [5, 5.41) is 5.70. The van der Waals surface area contributed by atoms with Crippen LogP contribution in [0.1, 0.15) is 29.0 Å². The van der Waals surface area contributed by atoms with Gasteiger partial charge in [-0.2, -0.15) is 0 Å². The zero-order chi connectivity index (χ0) is 14.5. The second-order valence-electron chi connectivity index (χ2n) is 4.80. The first-order valence-electron chi connectivity index (χ1n) is 6.75. The molecule has 1 unspecified atom stereocenters. The van der Waals surface area contributed by atoms with Gasteiger partial charge in [0.05, 0.1) is 7.11 Å². The molecular formula is C16H20BrNOS. The fourth-order valence-corrected chi connectivity index (χ4v) is 3.84. The van der Waals surface area contributed by atoms with E-state index < -0.39 is 0 Å². The molecule has 1 atom stereocenters. The van der Waals surface area contributed by atoms with Gasteiger partial charge in [-0.3, -0.25) is 0 Å². The molecule has 0 amide bonds. The van der Waals surface area contributed by atoms with Crippen molar-refractivity contribution >= 4 is 27.3 Å². The van der Waals surface area contributed by atoms with Crippen molar-refractivity contribution in [3.8, 4) is 5.75 Å². The second kappa shape index (κ2) is 7.25. The molecule has 1 aromatic heterocycles. The third kappa shape index (κ3) is 3.84. The molecule has 0 saturated heterocycles. The fraction of sp³-hybridized carbons (Fsp3) is 0.375. The van der Waals surface area contributed by atoms with Crippen LogP contribution in [-0.2, 0) is 6.42 Å². The van der Waals surface area contributed by atoms with Crippen LogP contribution in [0.15, 0.2) is 34.1 Å². The lowest BCUT2D eigenvalue weighted by atomic mass is 10.0. The van der Waals surface area contributed by atoms with Crippen LogP contribution in [0.4, 0.5) is 0 Å². The van der Waals surface area contributed by atoms with Crippen molar-refractivity contribution in [3.63, 3.8) is 0 Å². The van der Waals surface area contributed by atoms with Crippen LogP contribution < -0.4 is 10.1 Å². The first kappa shape index (κ1) is 15.5. The van der Waals surface area contributed by atoms with E-state index in [1.54, 1.807) is 18.4 Å². The highest BCUT2D eigenvalue weighted by Gasteiger charge is 2.16. The van der Waals surface area contributed by atoms with Crippen molar-refractivity contribution in [3.05, 3.63) is 50.1 Å². The zero-order valence-corrected chi connectivity index (χ0v) is 14.5. The topological polar surface area (TPSA) is 21.3 Å². The van der Waals surface area contributed by atoms with Gasteiger partial charge >= 0.3 is 0 Å². The summed E-state index contributed by atoms with van der Waals surface area (Å²) < 4.78 is 6.64. The van der Waals surface area contributed by atoms with Gasteiger partial charge < -0.3 is 10.1 Å². The molecule has 2 aromatic rings. The minimum Gasteiger partial charge on any atom is -0.496 e. The number of rotatable bonds is 6. The van der Waals surface area contributed by atoms with Crippen molar-refractivity contribution < 1.29 is 4.74 Å². The zero-order valence-electron chi connectivity index (χ0n) is 12.1. The molecule has 0 fully saturated rings. The van der Waals surface area contributed by atoms with Crippen molar-refractivity contribution in [2.24, 2.45) is 0 Å². The number of benzene rings is 1. The summed E-state index contributed by atoms with van der Waals surface area (Å²) in [7, 11) is 1.73. The van der Waals surface area contributed by atoms with E-state index >= 15 is 0 Å². The van der Waals surface area contributed by atoms with Crippen LogP contribution in [0, 0.1) is 6.92 Å². The molecule has 4 heteroatoms. The van der Waals surface area contributed by atoms with Gasteiger partial charge in [-0.05, 0) is 53.5 Å². The molecule has 0 bridgehead atoms. The number of nitrogens with one attached hydrogen (secondary N) is 1. The number of hydrogen-bond acceptors (Lipinski definition) is 3. The Bertz CT molecular complexity index is 567. The molecule has 0 saturated carbocycles. The van der Waals surface area contributed by atoms with Gasteiger partial charge in [-0.1, -0.05) is 24.6 Å². The van der Waals surface area contributed by atoms with E-state index in [2.05, 4.69) is 64.7 Å². The fourth-order valence-electron chi connectivity index (χ4n) is 2.32. The van der Waals surface area contributed by atoms with Crippen molar-refractivity contribution in [2.75, 3.05) is 13.7 Å². The molecule has 0 spiro atoms. The van der Waals surface area contributed by atoms with Crippen molar-refractivity contribution in [1.29, 1.82) is 0 Å². The second-order valence-corrected chi connectivity index (χ2v) is 6.66. The molecule has 0 aliphatic rings. The molecule has 108 valence electrons. The molecule has 1 aromatic carbocycles. The first-order chi connectivity index (χ1) is 9.63. The lowest BCUT2D eigenvalue weighted by molar-refractivity contribution is 0.406. The first-order valence-corrected chi connectivity index (χ1v) is 8.42. The highest BCUT2D eigenvalue weighted by molar-refractivity contribution is 9.10. The largest absolute Gasteiger partial charge is 0.496 e. The molecule has 0 radical (unpaired) electrons. The number of thiophene rings is 1. The molecular weight excluding hydrogens is 334 g/mol. The van der Waals surface area contributed by atoms with E-state index in [9.17, 15) is 0 Å². The maximum absolute atomic E-state index is 5.49. The highest BCUT2D eigenvalue weighted by atomic mass is 79.9. The average Bonchev–Trinajstić information content (AvgIpc) is 2.85. The minimum atomic E-state index is 0.326. The Kier molecular flexibility index (Phi) is 5.64. The maximum Gasteiger partial charge on any atom is 0.122 e. The summed E-state index contributed by atoms with van der Waals surface area (Å²) in [6.45, 7) is 5.21. The molecule has 0 aliphatic carbocycles. The number of halogens is 1. The van der Waals surface area contributed by atoms with E-state index in [4.69, 9.17) is 4.74 Å². The Hall–Kier alpha value is -0.840. The molecule has 1 N–H and O–H groups in total. The minimum absolute atomic E-state index is 0.326. The van der Waals surface area contributed by atoms with Gasteiger partial charge in [-0.15, -0.1) is 11.3 Å². The Labute approximate surface area is 133 Å². The summed E-state index contributed by atoms with van der Waals surface area (Å²) in [6, 6.07) is 8.88. The Balaban J connectivity index is 2.26. The lowest BCUT2D eigenvalue weighted by Crippen LogP contribution is -2.22. The summed E-state index contributed by atoms with van der Waals surface area (Å²) >= 11 is 5.32. The smallest absolute Gasteiger partial charge is 0.122 e. The van der Waals surface area contributed by atoms with E-state index in [-0.39, 0.29) is 0 Å². The molecule has 0 aliphatic heterocycles. The average molecular weight is 354 g/mol. The van der Waals surface area contributed by atoms with E-state index in [0.717, 1.165) is 23.2 Å². The van der Waals surface area contributed by atoms with E-state index in [0.29, 0.717) is 6.04 Å². The van der Waals surface area contributed by atoms with E-state index in [1.165, 1.54) is 16.0 Å². The Morgan fingerprint density at radius 2 is 2.15 bits per heavy atom. The van der Waals surface area contributed by atoms with Crippen LogP contribution in [-0.4, -0.2) is 13.7 Å².